The number of aliphatic imine (C=N–C) groups is 1. The van der Waals surface area contributed by atoms with Gasteiger partial charge in [0.2, 0.25) is 0 Å². The Kier molecular flexibility index (Phi) is 7.15. The molecule has 0 bridgehead atoms. The van der Waals surface area contributed by atoms with Crippen molar-refractivity contribution >= 4 is 39.3 Å². The third-order valence-electron chi connectivity index (χ3n) is 6.66. The molecule has 0 aliphatic rings. The number of aromatic hydroxyl groups is 1. The van der Waals surface area contributed by atoms with Crippen molar-refractivity contribution in [3.05, 3.63) is 95.3 Å². The van der Waals surface area contributed by atoms with Crippen molar-refractivity contribution in [3.63, 3.8) is 0 Å². The van der Waals surface area contributed by atoms with E-state index in [1.54, 1.807) is 30.6 Å². The van der Waals surface area contributed by atoms with Crippen molar-refractivity contribution in [2.75, 3.05) is 20.2 Å². The summed E-state index contributed by atoms with van der Waals surface area (Å²) in [5, 5.41) is 11.8. The summed E-state index contributed by atoms with van der Waals surface area (Å²) < 4.78 is 4.85. The van der Waals surface area contributed by atoms with Crippen LogP contribution in [0.4, 0.5) is 5.69 Å². The maximum Gasteiger partial charge on any atom is 0.337 e. The van der Waals surface area contributed by atoms with E-state index in [1.165, 1.54) is 12.7 Å². The number of nitrogens with one attached hydrogen (secondary N) is 1. The van der Waals surface area contributed by atoms with E-state index in [-0.39, 0.29) is 5.88 Å². The molecule has 0 saturated carbocycles. The minimum atomic E-state index is -0.450. The van der Waals surface area contributed by atoms with Gasteiger partial charge < -0.3 is 14.8 Å². The standard InChI is InChI=1S/C30H29N5O3/c1-4-35(5-2)18-19-6-10-22(11-7-19)33-28(20-9-13-24-26(16-20)32-15-14-31-24)27-23-12-8-21(30(37)38-3)17-25(23)34-29(27)36/h6-17,34,36H,4-5,18H2,1-3H3. The Hall–Kier alpha value is -4.56. The molecule has 0 unspecified atom stereocenters. The Morgan fingerprint density at radius 3 is 2.37 bits per heavy atom. The Morgan fingerprint density at radius 2 is 1.66 bits per heavy atom. The van der Waals surface area contributed by atoms with Crippen LogP contribution in [0.25, 0.3) is 21.9 Å². The molecule has 5 rings (SSSR count). The van der Waals surface area contributed by atoms with Crippen LogP contribution in [0.15, 0.2) is 78.0 Å². The quantitative estimate of drug-likeness (QED) is 0.209. The SMILES string of the molecule is CCN(CC)Cc1ccc(N=C(c2ccc3nccnc3c2)c2c(O)[nH]c3cc(C(=O)OC)ccc23)cc1. The number of H-pyrrole nitrogens is 1. The second-order valence-electron chi connectivity index (χ2n) is 8.95. The number of hydrogen-bond donors (Lipinski definition) is 2. The van der Waals surface area contributed by atoms with Crippen LogP contribution in [0.2, 0.25) is 0 Å². The summed E-state index contributed by atoms with van der Waals surface area (Å²) in [7, 11) is 1.34. The van der Waals surface area contributed by atoms with Crippen molar-refractivity contribution < 1.29 is 14.6 Å². The van der Waals surface area contributed by atoms with Gasteiger partial charge in [-0.15, -0.1) is 0 Å². The summed E-state index contributed by atoms with van der Waals surface area (Å²) in [6.07, 6.45) is 3.30. The molecule has 3 aromatic carbocycles. The molecule has 0 aliphatic heterocycles. The molecule has 5 aromatic rings. The summed E-state index contributed by atoms with van der Waals surface area (Å²) in [6.45, 7) is 7.17. The normalized spacial score (nSPS) is 11.9. The molecule has 8 nitrogen and oxygen atoms in total. The van der Waals surface area contributed by atoms with Gasteiger partial charge in [-0.3, -0.25) is 14.9 Å². The van der Waals surface area contributed by atoms with E-state index in [0.717, 1.165) is 47.3 Å². The molecule has 0 atom stereocenters. The molecule has 2 aromatic heterocycles. The smallest absolute Gasteiger partial charge is 0.337 e. The maximum atomic E-state index is 12.1. The van der Waals surface area contributed by atoms with E-state index in [0.29, 0.717) is 22.4 Å². The van der Waals surface area contributed by atoms with Gasteiger partial charge in [-0.1, -0.05) is 38.1 Å². The number of fused-ring (bicyclic) bond motifs is 2. The number of hydrogen-bond acceptors (Lipinski definition) is 7. The van der Waals surface area contributed by atoms with Crippen molar-refractivity contribution in [1.29, 1.82) is 0 Å². The minimum Gasteiger partial charge on any atom is -0.494 e. The second-order valence-corrected chi connectivity index (χ2v) is 8.95. The number of esters is 1. The average molecular weight is 508 g/mol. The van der Waals surface area contributed by atoms with Crippen LogP contribution in [0, 0.1) is 0 Å². The van der Waals surface area contributed by atoms with E-state index < -0.39 is 5.97 Å². The molecule has 192 valence electrons. The summed E-state index contributed by atoms with van der Waals surface area (Å²) in [5.74, 6) is -0.493. The first-order chi connectivity index (χ1) is 18.5. The molecule has 0 spiro atoms. The number of carbonyl (C=O) groups excluding carboxylic acids is 1. The first kappa shape index (κ1) is 25.1. The lowest BCUT2D eigenvalue weighted by molar-refractivity contribution is 0.0601. The molecule has 38 heavy (non-hydrogen) atoms. The molecule has 2 N–H and O–H groups in total. The van der Waals surface area contributed by atoms with Crippen LogP contribution in [0.3, 0.4) is 0 Å². The number of nitrogens with zero attached hydrogens (tertiary/aromatic N) is 4. The number of methoxy groups -OCH3 is 1. The van der Waals surface area contributed by atoms with E-state index in [9.17, 15) is 9.90 Å². The van der Waals surface area contributed by atoms with Crippen molar-refractivity contribution in [3.8, 4) is 5.88 Å². The Bertz CT molecular complexity index is 1640. The third kappa shape index (κ3) is 4.99. The van der Waals surface area contributed by atoms with Gasteiger partial charge in [-0.2, -0.15) is 0 Å². The van der Waals surface area contributed by atoms with Crippen LogP contribution in [0.5, 0.6) is 5.88 Å². The maximum absolute atomic E-state index is 12.1. The highest BCUT2D eigenvalue weighted by atomic mass is 16.5. The lowest BCUT2D eigenvalue weighted by Crippen LogP contribution is -2.21. The Balaban J connectivity index is 1.64. The molecule has 2 heterocycles. The minimum absolute atomic E-state index is 0.0434. The van der Waals surface area contributed by atoms with Crippen molar-refractivity contribution in [2.24, 2.45) is 4.99 Å². The highest BCUT2D eigenvalue weighted by Gasteiger charge is 2.20. The molecule has 0 fully saturated rings. The Labute approximate surface area is 220 Å². The van der Waals surface area contributed by atoms with Gasteiger partial charge in [0.1, 0.15) is 0 Å². The van der Waals surface area contributed by atoms with Gasteiger partial charge in [0, 0.05) is 35.4 Å². The third-order valence-corrected chi connectivity index (χ3v) is 6.66. The number of rotatable bonds is 8. The van der Waals surface area contributed by atoms with E-state index in [2.05, 4.69) is 45.8 Å². The number of ether oxygens (including phenoxy) is 1. The average Bonchev–Trinajstić information content (AvgIpc) is 3.29. The highest BCUT2D eigenvalue weighted by Crippen LogP contribution is 2.33. The van der Waals surface area contributed by atoms with Gasteiger partial charge in [-0.05, 0) is 55.1 Å². The van der Waals surface area contributed by atoms with Gasteiger partial charge in [0.25, 0.3) is 0 Å². The first-order valence-electron chi connectivity index (χ1n) is 12.5. The van der Waals surface area contributed by atoms with Gasteiger partial charge in [0.15, 0.2) is 5.88 Å². The van der Waals surface area contributed by atoms with Gasteiger partial charge >= 0.3 is 5.97 Å². The number of benzene rings is 3. The monoisotopic (exact) mass is 507 g/mol. The number of aromatic amines is 1. The van der Waals surface area contributed by atoms with Gasteiger partial charge in [0.05, 0.1) is 40.7 Å². The van der Waals surface area contributed by atoms with Gasteiger partial charge in [-0.25, -0.2) is 9.79 Å². The predicted molar refractivity (Wildman–Crippen MR) is 149 cm³/mol. The first-order valence-corrected chi connectivity index (χ1v) is 12.5. The van der Waals surface area contributed by atoms with Crippen LogP contribution in [-0.4, -0.2) is 56.8 Å². The zero-order valence-corrected chi connectivity index (χ0v) is 21.6. The van der Waals surface area contributed by atoms with E-state index in [4.69, 9.17) is 9.73 Å². The predicted octanol–water partition coefficient (Wildman–Crippen LogP) is 5.61. The van der Waals surface area contributed by atoms with Crippen LogP contribution < -0.4 is 0 Å². The van der Waals surface area contributed by atoms with Crippen molar-refractivity contribution in [2.45, 2.75) is 20.4 Å². The molecule has 0 saturated heterocycles. The fraction of sp³-hybridized carbons (Fsp3) is 0.200. The van der Waals surface area contributed by atoms with Crippen LogP contribution in [0.1, 0.15) is 40.9 Å². The lowest BCUT2D eigenvalue weighted by atomic mass is 9.99. The zero-order chi connectivity index (χ0) is 26.6. The molecule has 0 radical (unpaired) electrons. The van der Waals surface area contributed by atoms with Crippen LogP contribution >= 0.6 is 0 Å². The summed E-state index contributed by atoms with van der Waals surface area (Å²) >= 11 is 0. The summed E-state index contributed by atoms with van der Waals surface area (Å²) in [6, 6.07) is 19.0. The van der Waals surface area contributed by atoms with E-state index >= 15 is 0 Å². The fourth-order valence-electron chi connectivity index (χ4n) is 4.55. The lowest BCUT2D eigenvalue weighted by Gasteiger charge is -2.17. The molecular formula is C30H29N5O3. The molecule has 0 aliphatic carbocycles. The second kappa shape index (κ2) is 10.8. The largest absolute Gasteiger partial charge is 0.494 e. The summed E-state index contributed by atoms with van der Waals surface area (Å²) in [4.78, 5) is 31.2. The number of aromatic nitrogens is 3. The van der Waals surface area contributed by atoms with Crippen LogP contribution in [-0.2, 0) is 11.3 Å². The topological polar surface area (TPSA) is 104 Å². The fourth-order valence-corrected chi connectivity index (χ4v) is 4.55. The number of carbonyl (C=O) groups is 1. The molecule has 0 amide bonds. The van der Waals surface area contributed by atoms with E-state index in [1.807, 2.05) is 30.3 Å². The highest BCUT2D eigenvalue weighted by molar-refractivity contribution is 6.22. The molecule has 8 heteroatoms. The summed E-state index contributed by atoms with van der Waals surface area (Å²) in [5.41, 5.74) is 6.32. The van der Waals surface area contributed by atoms with Crippen molar-refractivity contribution in [1.82, 2.24) is 19.9 Å². The molecular weight excluding hydrogens is 478 g/mol. The zero-order valence-electron chi connectivity index (χ0n) is 21.6. The Morgan fingerprint density at radius 1 is 0.947 bits per heavy atom.